The van der Waals surface area contributed by atoms with Crippen molar-refractivity contribution >= 4 is 31.5 Å². The highest BCUT2D eigenvalue weighted by Crippen LogP contribution is 2.47. The molecule has 0 unspecified atom stereocenters. The van der Waals surface area contributed by atoms with Gasteiger partial charge < -0.3 is 32.7 Å². The summed E-state index contributed by atoms with van der Waals surface area (Å²) in [5, 5.41) is 0. The topological polar surface area (TPSA) is 150 Å². The first-order valence-corrected chi connectivity index (χ1v) is 11.7. The lowest BCUT2D eigenvalue weighted by atomic mass is 9.92. The third kappa shape index (κ3) is 8.85. The summed E-state index contributed by atoms with van der Waals surface area (Å²) in [5.41, 5.74) is 0. The summed E-state index contributed by atoms with van der Waals surface area (Å²) in [5.74, 6) is -2.69. The van der Waals surface area contributed by atoms with Crippen LogP contribution in [0.15, 0.2) is 0 Å². The highest BCUT2D eigenvalue weighted by atomic mass is 31.2. The number of hydrogen-bond donors (Lipinski definition) is 0. The van der Waals surface area contributed by atoms with E-state index >= 15 is 0 Å². The van der Waals surface area contributed by atoms with Crippen LogP contribution in [-0.4, -0.2) is 81.4 Å². The lowest BCUT2D eigenvalue weighted by Crippen LogP contribution is -2.62. The van der Waals surface area contributed by atoms with Gasteiger partial charge in [-0.05, 0) is 12.8 Å². The molecule has 1 saturated heterocycles. The molecule has 1 heterocycles. The van der Waals surface area contributed by atoms with Gasteiger partial charge >= 0.3 is 31.5 Å². The van der Waals surface area contributed by atoms with E-state index in [-0.39, 0.29) is 25.6 Å². The Morgan fingerprint density at radius 1 is 0.750 bits per heavy atom. The van der Waals surface area contributed by atoms with Crippen LogP contribution in [0.3, 0.4) is 0 Å². The van der Waals surface area contributed by atoms with Gasteiger partial charge in [0, 0.05) is 41.9 Å². The number of carbonyl (C=O) groups excluding carboxylic acids is 4. The molecule has 0 radical (unpaired) electrons. The van der Waals surface area contributed by atoms with Crippen molar-refractivity contribution in [2.75, 3.05) is 27.0 Å². The zero-order chi connectivity index (χ0) is 24.5. The first kappa shape index (κ1) is 28.0. The number of carbonyl (C=O) groups is 4. The molecule has 1 fully saturated rings. The van der Waals surface area contributed by atoms with Crippen LogP contribution in [0.5, 0.6) is 0 Å². The molecule has 13 heteroatoms. The highest BCUT2D eigenvalue weighted by molar-refractivity contribution is 7.53. The molecule has 0 N–H and O–H groups in total. The van der Waals surface area contributed by atoms with E-state index in [1.54, 1.807) is 0 Å². The zero-order valence-electron chi connectivity index (χ0n) is 19.1. The molecule has 0 aromatic heterocycles. The van der Waals surface area contributed by atoms with Gasteiger partial charge in [-0.3, -0.25) is 23.7 Å². The van der Waals surface area contributed by atoms with E-state index in [1.165, 1.54) is 21.1 Å². The standard InChI is InChI=1S/C19H31O12P/c1-11(20)27-10-16-18(29-13(3)22)19(30-14(4)23)17(28-12(2)21)15(31-16)8-7-9-32(24,25-5)26-6/h15-19H,7-10H2,1-6H3/t15-,16-,17-,18-,19-/m1/s1. The van der Waals surface area contributed by atoms with Crippen LogP contribution in [0.1, 0.15) is 40.5 Å². The van der Waals surface area contributed by atoms with Crippen LogP contribution in [0, 0.1) is 0 Å². The van der Waals surface area contributed by atoms with Crippen LogP contribution in [0.2, 0.25) is 0 Å². The first-order valence-electron chi connectivity index (χ1n) is 9.93. The van der Waals surface area contributed by atoms with Gasteiger partial charge in [0.05, 0.1) is 12.3 Å². The third-order valence-electron chi connectivity index (χ3n) is 4.56. The zero-order valence-corrected chi connectivity index (χ0v) is 20.0. The Morgan fingerprint density at radius 2 is 1.22 bits per heavy atom. The minimum atomic E-state index is -3.29. The van der Waals surface area contributed by atoms with Crippen LogP contribution in [0.25, 0.3) is 0 Å². The lowest BCUT2D eigenvalue weighted by molar-refractivity contribution is -0.253. The lowest BCUT2D eigenvalue weighted by Gasteiger charge is -2.44. The maximum atomic E-state index is 12.3. The quantitative estimate of drug-likeness (QED) is 0.238. The Hall–Kier alpha value is -2.01. The SMILES string of the molecule is COP(=O)(CCC[C@H]1O[C@H](COC(C)=O)[C@@H](OC(C)=O)[C@H](OC(C)=O)[C@@H]1OC(C)=O)OC. The Morgan fingerprint density at radius 3 is 1.66 bits per heavy atom. The second-order valence-electron chi connectivity index (χ2n) is 7.08. The predicted octanol–water partition coefficient (Wildman–Crippen LogP) is 1.38. The summed E-state index contributed by atoms with van der Waals surface area (Å²) < 4.78 is 49.1. The Kier molecular flexibility index (Phi) is 11.3. The van der Waals surface area contributed by atoms with Crippen LogP contribution < -0.4 is 0 Å². The van der Waals surface area contributed by atoms with E-state index in [0.717, 1.165) is 20.8 Å². The number of hydrogen-bond acceptors (Lipinski definition) is 12. The molecular formula is C19H31O12P. The largest absolute Gasteiger partial charge is 0.463 e. The molecule has 12 nitrogen and oxygen atoms in total. The second kappa shape index (κ2) is 12.9. The van der Waals surface area contributed by atoms with Crippen molar-refractivity contribution in [1.82, 2.24) is 0 Å². The molecule has 0 bridgehead atoms. The highest BCUT2D eigenvalue weighted by Gasteiger charge is 2.51. The van der Waals surface area contributed by atoms with Crippen molar-refractivity contribution in [3.8, 4) is 0 Å². The smallest absolute Gasteiger partial charge is 0.330 e. The Balaban J connectivity index is 3.23. The molecular weight excluding hydrogens is 451 g/mol. The molecule has 0 saturated carbocycles. The van der Waals surface area contributed by atoms with Gasteiger partial charge in [-0.15, -0.1) is 0 Å². The predicted molar refractivity (Wildman–Crippen MR) is 108 cm³/mol. The van der Waals surface area contributed by atoms with Gasteiger partial charge in [-0.2, -0.15) is 0 Å². The van der Waals surface area contributed by atoms with Crippen LogP contribution >= 0.6 is 7.60 Å². The van der Waals surface area contributed by atoms with Gasteiger partial charge in [0.2, 0.25) is 0 Å². The minimum absolute atomic E-state index is 0.0485. The molecule has 1 aliphatic heterocycles. The van der Waals surface area contributed by atoms with E-state index < -0.39 is 62.0 Å². The van der Waals surface area contributed by atoms with Crippen molar-refractivity contribution in [1.29, 1.82) is 0 Å². The molecule has 32 heavy (non-hydrogen) atoms. The van der Waals surface area contributed by atoms with E-state index in [4.69, 9.17) is 32.7 Å². The van der Waals surface area contributed by atoms with Crippen LogP contribution in [0.4, 0.5) is 0 Å². The summed E-state index contributed by atoms with van der Waals surface area (Å²) in [4.78, 5) is 46.5. The molecule has 184 valence electrons. The Bertz CT molecular complexity index is 715. The second-order valence-corrected chi connectivity index (χ2v) is 9.48. The number of esters is 4. The van der Waals surface area contributed by atoms with Crippen molar-refractivity contribution in [2.24, 2.45) is 0 Å². The van der Waals surface area contributed by atoms with Gasteiger partial charge in [-0.25, -0.2) is 0 Å². The van der Waals surface area contributed by atoms with E-state index in [1.807, 2.05) is 0 Å². The van der Waals surface area contributed by atoms with Gasteiger partial charge in [0.15, 0.2) is 18.3 Å². The van der Waals surface area contributed by atoms with E-state index in [2.05, 4.69) is 0 Å². The van der Waals surface area contributed by atoms with Gasteiger partial charge in [-0.1, -0.05) is 0 Å². The van der Waals surface area contributed by atoms with E-state index in [0.29, 0.717) is 0 Å². The average molecular weight is 482 g/mol. The fourth-order valence-electron chi connectivity index (χ4n) is 3.29. The van der Waals surface area contributed by atoms with E-state index in [9.17, 15) is 23.7 Å². The molecule has 0 aliphatic carbocycles. The fourth-order valence-corrected chi connectivity index (χ4v) is 4.38. The van der Waals surface area contributed by atoms with Crippen molar-refractivity contribution in [3.05, 3.63) is 0 Å². The van der Waals surface area contributed by atoms with Crippen molar-refractivity contribution < 1.29 is 56.5 Å². The monoisotopic (exact) mass is 482 g/mol. The first-order chi connectivity index (χ1) is 14.9. The summed E-state index contributed by atoms with van der Waals surface area (Å²) in [6.45, 7) is 4.35. The summed E-state index contributed by atoms with van der Waals surface area (Å²) in [6, 6.07) is 0. The van der Waals surface area contributed by atoms with Crippen molar-refractivity contribution in [3.63, 3.8) is 0 Å². The molecule has 1 aliphatic rings. The average Bonchev–Trinajstić information content (AvgIpc) is 2.69. The summed E-state index contributed by atoms with van der Waals surface area (Å²) >= 11 is 0. The normalized spacial score (nSPS) is 25.5. The van der Waals surface area contributed by atoms with Gasteiger partial charge in [0.25, 0.3) is 0 Å². The molecule has 0 spiro atoms. The fraction of sp³-hybridized carbons (Fsp3) is 0.789. The van der Waals surface area contributed by atoms with Crippen LogP contribution in [-0.2, 0) is 56.5 Å². The maximum absolute atomic E-state index is 12.3. The molecule has 5 atom stereocenters. The van der Waals surface area contributed by atoms with Gasteiger partial charge in [0.1, 0.15) is 12.7 Å². The summed E-state index contributed by atoms with van der Waals surface area (Å²) in [6.07, 6.45) is -4.94. The van der Waals surface area contributed by atoms with Crippen molar-refractivity contribution in [2.45, 2.75) is 71.1 Å². The number of ether oxygens (including phenoxy) is 5. The maximum Gasteiger partial charge on any atom is 0.330 e. The summed E-state index contributed by atoms with van der Waals surface area (Å²) in [7, 11) is -0.768. The minimum Gasteiger partial charge on any atom is -0.463 e. The molecule has 0 aromatic carbocycles. The molecule has 1 rings (SSSR count). The number of rotatable bonds is 11. The Labute approximate surface area is 186 Å². The molecule has 0 amide bonds. The molecule has 0 aromatic rings. The third-order valence-corrected chi connectivity index (χ3v) is 6.54.